The number of amides is 1. The van der Waals surface area contributed by atoms with Crippen molar-refractivity contribution in [3.8, 4) is 0 Å². The summed E-state index contributed by atoms with van der Waals surface area (Å²) in [6.45, 7) is 3.25. The number of aliphatic hydroxyl groups excluding tert-OH is 5. The van der Waals surface area contributed by atoms with Crippen LogP contribution in [0.25, 0.3) is 0 Å². The molecule has 0 aliphatic carbocycles. The fourth-order valence-corrected chi connectivity index (χ4v) is 7.38. The Labute approximate surface area is 352 Å². The van der Waals surface area contributed by atoms with Crippen molar-refractivity contribution in [2.45, 2.75) is 211 Å². The van der Waals surface area contributed by atoms with Crippen LogP contribution in [0.15, 0.2) is 6.20 Å². The molecular formula is C42H79N5O10S. The van der Waals surface area contributed by atoms with Gasteiger partial charge in [-0.05, 0) is 12.8 Å². The smallest absolute Gasteiger partial charge is 0.306 e. The second kappa shape index (κ2) is 35.4. The summed E-state index contributed by atoms with van der Waals surface area (Å²) in [6, 6.07) is -0.978. The van der Waals surface area contributed by atoms with Gasteiger partial charge in [-0.1, -0.05) is 147 Å². The zero-order chi connectivity index (χ0) is 42.8. The fraction of sp³-hybridized carbons (Fsp3) is 0.881. The van der Waals surface area contributed by atoms with E-state index in [2.05, 4.69) is 29.5 Å². The van der Waals surface area contributed by atoms with Crippen LogP contribution < -0.4 is 11.1 Å². The fourth-order valence-electron chi connectivity index (χ4n) is 6.41. The van der Waals surface area contributed by atoms with E-state index in [1.165, 1.54) is 121 Å². The number of carbonyl (C=O) groups excluding carboxylic acids is 3. The molecule has 0 bridgehead atoms. The summed E-state index contributed by atoms with van der Waals surface area (Å²) < 4.78 is 12.4. The first kappa shape index (κ1) is 53.7. The number of esters is 2. The summed E-state index contributed by atoms with van der Waals surface area (Å²) in [5, 5.41) is 58.6. The van der Waals surface area contributed by atoms with Crippen molar-refractivity contribution in [2.75, 3.05) is 30.0 Å². The van der Waals surface area contributed by atoms with E-state index in [1.54, 1.807) is 0 Å². The molecule has 0 aliphatic heterocycles. The molecule has 6 atom stereocenters. The number of unbranched alkanes of at least 4 members (excludes halogenated alkanes) is 20. The Morgan fingerprint density at radius 2 is 1.17 bits per heavy atom. The van der Waals surface area contributed by atoms with Crippen LogP contribution in [-0.4, -0.2) is 120 Å². The van der Waals surface area contributed by atoms with Crippen LogP contribution in [0.3, 0.4) is 0 Å². The van der Waals surface area contributed by atoms with Crippen LogP contribution in [0.2, 0.25) is 0 Å². The molecule has 1 aromatic heterocycles. The highest BCUT2D eigenvalue weighted by Gasteiger charge is 2.30. The summed E-state index contributed by atoms with van der Waals surface area (Å²) in [4.78, 5) is 38.2. The summed E-state index contributed by atoms with van der Waals surface area (Å²) in [7, 11) is 0. The number of ether oxygens (including phenoxy) is 2. The van der Waals surface area contributed by atoms with Gasteiger partial charge in [0.1, 0.15) is 37.1 Å². The van der Waals surface area contributed by atoms with Crippen molar-refractivity contribution in [1.29, 1.82) is 0 Å². The highest BCUT2D eigenvalue weighted by Crippen LogP contribution is 2.16. The first-order chi connectivity index (χ1) is 28.0. The maximum Gasteiger partial charge on any atom is 0.306 e. The van der Waals surface area contributed by atoms with Crippen molar-refractivity contribution in [3.05, 3.63) is 6.20 Å². The van der Waals surface area contributed by atoms with Crippen molar-refractivity contribution >= 4 is 35.4 Å². The Balaban J connectivity index is 2.53. The molecular weight excluding hydrogens is 767 g/mol. The van der Waals surface area contributed by atoms with E-state index in [0.717, 1.165) is 43.2 Å². The van der Waals surface area contributed by atoms with Crippen LogP contribution in [0, 0.1) is 0 Å². The van der Waals surface area contributed by atoms with Crippen LogP contribution in [0.5, 0.6) is 0 Å². The second-order valence-electron chi connectivity index (χ2n) is 15.6. The van der Waals surface area contributed by atoms with Crippen molar-refractivity contribution in [3.63, 3.8) is 0 Å². The largest absolute Gasteiger partial charge is 0.462 e. The van der Waals surface area contributed by atoms with Gasteiger partial charge < -0.3 is 46.1 Å². The number of aromatic nitrogens is 3. The topological polar surface area (TPSA) is 240 Å². The zero-order valence-corrected chi connectivity index (χ0v) is 36.5. The molecule has 16 heteroatoms. The van der Waals surface area contributed by atoms with Gasteiger partial charge in [0.2, 0.25) is 5.91 Å². The SMILES string of the molecule is CCCCCCCCCCCCCC(=O)OC[C@H](CSC[C@@H](N)C(=O)Nc1cn(C[C@H](O)[C@H](O)[C@H](O)[C@H](O)CO)nn1)OC(=O)CCCCCCCCCCCCC. The molecule has 0 saturated carbocycles. The van der Waals surface area contributed by atoms with Crippen LogP contribution >= 0.6 is 11.8 Å². The van der Waals surface area contributed by atoms with Gasteiger partial charge in [0.25, 0.3) is 0 Å². The van der Waals surface area contributed by atoms with Gasteiger partial charge in [-0.3, -0.25) is 14.4 Å². The van der Waals surface area contributed by atoms with Crippen molar-refractivity contribution in [1.82, 2.24) is 15.0 Å². The number of thioether (sulfide) groups is 1. The molecule has 1 heterocycles. The molecule has 1 amide bonds. The molecule has 58 heavy (non-hydrogen) atoms. The Morgan fingerprint density at radius 1 is 0.707 bits per heavy atom. The van der Waals surface area contributed by atoms with Gasteiger partial charge in [-0.15, -0.1) is 5.10 Å². The summed E-state index contributed by atoms with van der Waals surface area (Å²) in [5.74, 6) is -0.770. The Kier molecular flexibility index (Phi) is 32.8. The lowest BCUT2D eigenvalue weighted by atomic mass is 10.0. The van der Waals surface area contributed by atoms with Gasteiger partial charge in [-0.25, -0.2) is 4.68 Å². The van der Waals surface area contributed by atoms with Gasteiger partial charge in [0, 0.05) is 24.3 Å². The number of hydrogen-bond acceptors (Lipinski definition) is 14. The Bertz CT molecular complexity index is 1180. The number of hydrogen-bond donors (Lipinski definition) is 7. The number of nitrogens with zero attached hydrogens (tertiary/aromatic N) is 3. The molecule has 0 unspecified atom stereocenters. The summed E-state index contributed by atoms with van der Waals surface area (Å²) in [5.41, 5.74) is 6.13. The molecule has 338 valence electrons. The predicted octanol–water partition coefficient (Wildman–Crippen LogP) is 5.57. The highest BCUT2D eigenvalue weighted by atomic mass is 32.2. The maximum absolute atomic E-state index is 12.8. The number of rotatable bonds is 39. The highest BCUT2D eigenvalue weighted by molar-refractivity contribution is 7.99. The van der Waals surface area contributed by atoms with Crippen molar-refractivity contribution in [2.24, 2.45) is 5.73 Å². The third-order valence-electron chi connectivity index (χ3n) is 10.1. The maximum atomic E-state index is 12.8. The third-order valence-corrected chi connectivity index (χ3v) is 11.3. The average Bonchev–Trinajstić information content (AvgIpc) is 3.65. The normalized spacial score (nSPS) is 14.7. The van der Waals surface area contributed by atoms with Crippen molar-refractivity contribution < 1.29 is 49.4 Å². The van der Waals surface area contributed by atoms with E-state index < -0.39 is 49.1 Å². The van der Waals surface area contributed by atoms with E-state index in [4.69, 9.17) is 20.3 Å². The zero-order valence-electron chi connectivity index (χ0n) is 35.7. The minimum absolute atomic E-state index is 0.0296. The number of nitrogens with two attached hydrogens (primary N) is 1. The third kappa shape index (κ3) is 27.4. The summed E-state index contributed by atoms with van der Waals surface area (Å²) >= 11 is 1.29. The minimum atomic E-state index is -1.79. The van der Waals surface area contributed by atoms with Gasteiger partial charge in [0.05, 0.1) is 25.4 Å². The summed E-state index contributed by atoms with van der Waals surface area (Å²) in [6.07, 6.45) is 20.4. The quantitative estimate of drug-likeness (QED) is 0.0317. The van der Waals surface area contributed by atoms with E-state index in [0.29, 0.717) is 6.42 Å². The van der Waals surface area contributed by atoms with E-state index >= 15 is 0 Å². The number of anilines is 1. The molecule has 0 saturated heterocycles. The monoisotopic (exact) mass is 846 g/mol. The molecule has 1 aromatic rings. The Hall–Kier alpha value is -2.34. The molecule has 0 fully saturated rings. The molecule has 15 nitrogen and oxygen atoms in total. The first-order valence-electron chi connectivity index (χ1n) is 22.2. The standard InChI is InChI=1S/C42H79N5O10S/c1-3-5-7-9-11-13-15-17-19-21-23-25-38(51)56-30-33(57-39(52)26-24-22-20-18-16-14-12-10-8-6-4-2)31-58-32-34(43)42(55)44-37-28-47(46-45-37)27-35(49)40(53)41(54)36(50)29-48/h28,33-36,40-41,48-50,53-54H,3-27,29-32,43H2,1-2H3,(H,44,55)/t33-,34-,35+,36-,40+,41-/m1/s1. The molecule has 0 radical (unpaired) electrons. The van der Waals surface area contributed by atoms with Gasteiger partial charge in [-0.2, -0.15) is 11.8 Å². The minimum Gasteiger partial charge on any atom is -0.462 e. The van der Waals surface area contributed by atoms with Gasteiger partial charge in [0.15, 0.2) is 5.82 Å². The lowest BCUT2D eigenvalue weighted by Gasteiger charge is -2.25. The van der Waals surface area contributed by atoms with E-state index in [9.17, 15) is 34.8 Å². The molecule has 0 spiro atoms. The average molecular weight is 846 g/mol. The first-order valence-corrected chi connectivity index (χ1v) is 23.4. The molecule has 0 aromatic carbocycles. The molecule has 8 N–H and O–H groups in total. The number of carbonyl (C=O) groups is 3. The Morgan fingerprint density at radius 3 is 1.67 bits per heavy atom. The van der Waals surface area contributed by atoms with Crippen LogP contribution in [-0.2, 0) is 30.4 Å². The predicted molar refractivity (Wildman–Crippen MR) is 228 cm³/mol. The lowest BCUT2D eigenvalue weighted by molar-refractivity contribution is -0.157. The van der Waals surface area contributed by atoms with E-state index in [1.807, 2.05) is 0 Å². The molecule has 0 aliphatic rings. The number of nitrogens with one attached hydrogen (secondary N) is 1. The van der Waals surface area contributed by atoms with Crippen LogP contribution in [0.1, 0.15) is 168 Å². The lowest BCUT2D eigenvalue weighted by Crippen LogP contribution is -2.47. The van der Waals surface area contributed by atoms with Crippen LogP contribution in [0.4, 0.5) is 5.82 Å². The number of aliphatic hydroxyl groups is 5. The van der Waals surface area contributed by atoms with E-state index in [-0.39, 0.29) is 48.8 Å². The van der Waals surface area contributed by atoms with Gasteiger partial charge >= 0.3 is 11.9 Å². The molecule has 1 rings (SSSR count). The second-order valence-corrected chi connectivity index (χ2v) is 16.7.